The summed E-state index contributed by atoms with van der Waals surface area (Å²) in [4.78, 5) is 13.6. The molecule has 1 aromatic carbocycles. The topological polar surface area (TPSA) is 59.4 Å². The minimum atomic E-state index is -0.0110. The predicted molar refractivity (Wildman–Crippen MR) is 104 cm³/mol. The number of ether oxygens (including phenoxy) is 1. The largest absolute Gasteiger partial charge is 0.493 e. The molecule has 4 rings (SSSR count). The van der Waals surface area contributed by atoms with E-state index in [-0.39, 0.29) is 5.91 Å². The van der Waals surface area contributed by atoms with Crippen molar-refractivity contribution in [2.45, 2.75) is 51.7 Å². The van der Waals surface area contributed by atoms with Gasteiger partial charge in [-0.2, -0.15) is 5.10 Å². The first-order valence-electron chi connectivity index (χ1n) is 9.87. The number of hydrogen-bond donors (Lipinski definition) is 1. The Kier molecular flexibility index (Phi) is 5.16. The van der Waals surface area contributed by atoms with E-state index < -0.39 is 0 Å². The molecular formula is C21H28N4O2. The lowest BCUT2D eigenvalue weighted by Gasteiger charge is -2.36. The van der Waals surface area contributed by atoms with E-state index in [1.54, 1.807) is 0 Å². The van der Waals surface area contributed by atoms with Gasteiger partial charge in [0.05, 0.1) is 18.8 Å². The van der Waals surface area contributed by atoms with Crippen molar-refractivity contribution in [2.24, 2.45) is 0 Å². The van der Waals surface area contributed by atoms with Crippen LogP contribution in [-0.2, 0) is 17.8 Å². The summed E-state index contributed by atoms with van der Waals surface area (Å²) >= 11 is 0. The zero-order valence-corrected chi connectivity index (χ0v) is 16.1. The summed E-state index contributed by atoms with van der Waals surface area (Å²) in [5.74, 6) is 1.04. The van der Waals surface area contributed by atoms with E-state index >= 15 is 0 Å². The van der Waals surface area contributed by atoms with E-state index in [1.807, 2.05) is 6.20 Å². The molecule has 0 aliphatic carbocycles. The van der Waals surface area contributed by atoms with Crippen molar-refractivity contribution in [2.75, 3.05) is 19.7 Å². The van der Waals surface area contributed by atoms with E-state index in [0.29, 0.717) is 18.6 Å². The maximum atomic E-state index is 11.1. The molecule has 6 nitrogen and oxygen atoms in total. The molecule has 0 spiro atoms. The highest BCUT2D eigenvalue weighted by Gasteiger charge is 2.25. The van der Waals surface area contributed by atoms with Gasteiger partial charge in [0.2, 0.25) is 5.91 Å². The average molecular weight is 368 g/mol. The fourth-order valence-electron chi connectivity index (χ4n) is 4.11. The minimum absolute atomic E-state index is 0.0110. The lowest BCUT2D eigenvalue weighted by molar-refractivity contribution is -0.119. The normalized spacial score (nSPS) is 18.7. The van der Waals surface area contributed by atoms with Crippen LogP contribution < -0.4 is 10.1 Å². The van der Waals surface area contributed by atoms with Gasteiger partial charge in [0.1, 0.15) is 5.75 Å². The second kappa shape index (κ2) is 7.72. The third-order valence-electron chi connectivity index (χ3n) is 5.81. The number of nitrogens with zero attached hydrogens (tertiary/aromatic N) is 3. The SMILES string of the molecule is CC(=O)NCc1cnn(C2CCN(C(C)c3ccc4c(c3)CCO4)CC2)c1. The number of benzene rings is 1. The van der Waals surface area contributed by atoms with E-state index in [4.69, 9.17) is 4.74 Å². The van der Waals surface area contributed by atoms with Gasteiger partial charge in [-0.1, -0.05) is 12.1 Å². The molecule has 1 amide bonds. The number of carbonyl (C=O) groups excluding carboxylic acids is 1. The van der Waals surface area contributed by atoms with Gasteiger partial charge in [-0.15, -0.1) is 0 Å². The fourth-order valence-corrected chi connectivity index (χ4v) is 4.11. The predicted octanol–water partition coefficient (Wildman–Crippen LogP) is 2.85. The van der Waals surface area contributed by atoms with Crippen LogP contribution in [0.25, 0.3) is 0 Å². The van der Waals surface area contributed by atoms with Crippen LogP contribution in [-0.4, -0.2) is 40.3 Å². The number of amides is 1. The Morgan fingerprint density at radius 1 is 1.37 bits per heavy atom. The van der Waals surface area contributed by atoms with Gasteiger partial charge >= 0.3 is 0 Å². The first kappa shape index (κ1) is 18.0. The van der Waals surface area contributed by atoms with Crippen molar-refractivity contribution < 1.29 is 9.53 Å². The molecule has 1 saturated heterocycles. The molecule has 0 radical (unpaired) electrons. The standard InChI is InChI=1S/C21H28N4O2/c1-15(18-3-4-21-19(11-18)7-10-27-21)24-8-5-20(6-9-24)25-14-17(13-23-25)12-22-16(2)26/h3-4,11,13-15,20H,5-10,12H2,1-2H3,(H,22,26). The molecule has 3 heterocycles. The van der Waals surface area contributed by atoms with Crippen LogP contribution in [0.3, 0.4) is 0 Å². The number of hydrogen-bond acceptors (Lipinski definition) is 4. The Balaban J connectivity index is 1.34. The van der Waals surface area contributed by atoms with Crippen molar-refractivity contribution in [1.29, 1.82) is 0 Å². The minimum Gasteiger partial charge on any atom is -0.493 e. The molecule has 1 fully saturated rings. The molecule has 144 valence electrons. The highest BCUT2D eigenvalue weighted by molar-refractivity contribution is 5.72. The van der Waals surface area contributed by atoms with Crippen molar-refractivity contribution in [3.63, 3.8) is 0 Å². The molecule has 0 saturated carbocycles. The molecule has 0 bridgehead atoms. The molecule has 2 aromatic rings. The van der Waals surface area contributed by atoms with E-state index in [9.17, 15) is 4.79 Å². The third-order valence-corrected chi connectivity index (χ3v) is 5.81. The third kappa shape index (κ3) is 4.00. The van der Waals surface area contributed by atoms with Gasteiger partial charge in [-0.25, -0.2) is 0 Å². The second-order valence-electron chi connectivity index (χ2n) is 7.65. The Morgan fingerprint density at radius 3 is 2.96 bits per heavy atom. The highest BCUT2D eigenvalue weighted by Crippen LogP contribution is 2.32. The summed E-state index contributed by atoms with van der Waals surface area (Å²) in [6.07, 6.45) is 7.15. The monoisotopic (exact) mass is 368 g/mol. The maximum absolute atomic E-state index is 11.1. The molecule has 2 aliphatic rings. The van der Waals surface area contributed by atoms with Gasteiger partial charge < -0.3 is 10.1 Å². The average Bonchev–Trinajstić information content (AvgIpc) is 3.34. The van der Waals surface area contributed by atoms with Gasteiger partial charge in [-0.3, -0.25) is 14.4 Å². The number of nitrogens with one attached hydrogen (secondary N) is 1. The van der Waals surface area contributed by atoms with Crippen LogP contribution in [0.2, 0.25) is 0 Å². The number of carbonyl (C=O) groups is 1. The molecule has 1 N–H and O–H groups in total. The van der Waals surface area contributed by atoms with Crippen molar-refractivity contribution in [3.8, 4) is 5.75 Å². The lowest BCUT2D eigenvalue weighted by atomic mass is 9.98. The van der Waals surface area contributed by atoms with Crippen LogP contribution in [0.1, 0.15) is 55.5 Å². The van der Waals surface area contributed by atoms with Gasteiger partial charge in [-0.05, 0) is 37.0 Å². The first-order chi connectivity index (χ1) is 13.1. The van der Waals surface area contributed by atoms with Crippen LogP contribution >= 0.6 is 0 Å². The van der Waals surface area contributed by atoms with Gasteiger partial charge in [0, 0.05) is 50.8 Å². The van der Waals surface area contributed by atoms with Crippen molar-refractivity contribution in [3.05, 3.63) is 47.3 Å². The molecule has 1 aromatic heterocycles. The number of likely N-dealkylation sites (tertiary alicyclic amines) is 1. The summed E-state index contributed by atoms with van der Waals surface area (Å²) < 4.78 is 7.70. The summed E-state index contributed by atoms with van der Waals surface area (Å²) in [6.45, 7) is 7.34. The Hall–Kier alpha value is -2.34. The smallest absolute Gasteiger partial charge is 0.217 e. The number of piperidine rings is 1. The van der Waals surface area contributed by atoms with Crippen LogP contribution in [0, 0.1) is 0 Å². The lowest BCUT2D eigenvalue weighted by Crippen LogP contribution is -2.36. The summed E-state index contributed by atoms with van der Waals surface area (Å²) in [5.41, 5.74) is 3.79. The summed E-state index contributed by atoms with van der Waals surface area (Å²) in [5, 5.41) is 7.34. The molecule has 6 heteroatoms. The zero-order valence-electron chi connectivity index (χ0n) is 16.1. The van der Waals surface area contributed by atoms with Crippen LogP contribution in [0.5, 0.6) is 5.75 Å². The molecule has 27 heavy (non-hydrogen) atoms. The molecule has 1 atom stereocenters. The number of aromatic nitrogens is 2. The zero-order chi connectivity index (χ0) is 18.8. The quantitative estimate of drug-likeness (QED) is 0.882. The van der Waals surface area contributed by atoms with E-state index in [0.717, 1.165) is 50.3 Å². The van der Waals surface area contributed by atoms with Gasteiger partial charge in [0.25, 0.3) is 0 Å². The van der Waals surface area contributed by atoms with Crippen molar-refractivity contribution in [1.82, 2.24) is 20.0 Å². The van der Waals surface area contributed by atoms with Crippen LogP contribution in [0.4, 0.5) is 0 Å². The molecular weight excluding hydrogens is 340 g/mol. The van der Waals surface area contributed by atoms with Crippen LogP contribution in [0.15, 0.2) is 30.6 Å². The fraction of sp³-hybridized carbons (Fsp3) is 0.524. The molecule has 1 unspecified atom stereocenters. The number of fused-ring (bicyclic) bond motifs is 1. The summed E-state index contributed by atoms with van der Waals surface area (Å²) in [6, 6.07) is 7.52. The summed E-state index contributed by atoms with van der Waals surface area (Å²) in [7, 11) is 0. The Morgan fingerprint density at radius 2 is 2.19 bits per heavy atom. The van der Waals surface area contributed by atoms with Gasteiger partial charge in [0.15, 0.2) is 0 Å². The highest BCUT2D eigenvalue weighted by atomic mass is 16.5. The van der Waals surface area contributed by atoms with E-state index in [2.05, 4.69) is 51.3 Å². The first-order valence-corrected chi connectivity index (χ1v) is 9.87. The van der Waals surface area contributed by atoms with E-state index in [1.165, 1.54) is 18.1 Å². The van der Waals surface area contributed by atoms with Crippen molar-refractivity contribution >= 4 is 5.91 Å². The second-order valence-corrected chi connectivity index (χ2v) is 7.65. The molecule has 2 aliphatic heterocycles. The maximum Gasteiger partial charge on any atom is 0.217 e. The number of rotatable bonds is 5. The Labute approximate surface area is 160 Å². The Bertz CT molecular complexity index is 808.